The summed E-state index contributed by atoms with van der Waals surface area (Å²) < 4.78 is 5.45. The third kappa shape index (κ3) is 2.44. The van der Waals surface area contributed by atoms with Crippen LogP contribution in [0.5, 0.6) is 5.75 Å². The molecule has 2 aromatic rings. The lowest BCUT2D eigenvalue weighted by Crippen LogP contribution is -2.55. The Labute approximate surface area is 140 Å². The van der Waals surface area contributed by atoms with Gasteiger partial charge in [0.15, 0.2) is 0 Å². The minimum atomic E-state index is -0.0822. The highest BCUT2D eigenvalue weighted by Crippen LogP contribution is 2.34. The van der Waals surface area contributed by atoms with Gasteiger partial charge in [0, 0.05) is 36.4 Å². The molecule has 2 unspecified atom stereocenters. The molecule has 124 valence electrons. The zero-order chi connectivity index (χ0) is 16.7. The van der Waals surface area contributed by atoms with Gasteiger partial charge >= 0.3 is 0 Å². The summed E-state index contributed by atoms with van der Waals surface area (Å²) in [6.07, 6.45) is 3.85. The molecule has 2 aliphatic heterocycles. The number of para-hydroxylation sites is 1. The van der Waals surface area contributed by atoms with Gasteiger partial charge in [0.05, 0.1) is 12.6 Å². The topological polar surface area (TPSA) is 59.5 Å². The summed E-state index contributed by atoms with van der Waals surface area (Å²) in [6.45, 7) is 0. The van der Waals surface area contributed by atoms with E-state index in [4.69, 9.17) is 4.74 Å². The molecule has 1 aromatic carbocycles. The number of Topliss-reactive ketones (excluding diaryl/α,β-unsaturated/α-hetero) is 1. The highest BCUT2D eigenvalue weighted by molar-refractivity contribution is 5.98. The molecule has 0 radical (unpaired) electrons. The lowest BCUT2D eigenvalue weighted by Gasteiger charge is -2.45. The van der Waals surface area contributed by atoms with E-state index in [-0.39, 0.29) is 23.8 Å². The van der Waals surface area contributed by atoms with Gasteiger partial charge in [0.2, 0.25) is 0 Å². The van der Waals surface area contributed by atoms with E-state index in [9.17, 15) is 9.59 Å². The summed E-state index contributed by atoms with van der Waals surface area (Å²) in [4.78, 5) is 31.5. The van der Waals surface area contributed by atoms with Gasteiger partial charge < -0.3 is 9.64 Å². The molecule has 0 N–H and O–H groups in total. The van der Waals surface area contributed by atoms with E-state index in [0.717, 1.165) is 30.2 Å². The van der Waals surface area contributed by atoms with Gasteiger partial charge in [-0.05, 0) is 31.4 Å². The van der Waals surface area contributed by atoms with E-state index in [1.54, 1.807) is 13.2 Å². The molecule has 4 rings (SSSR count). The molecule has 2 atom stereocenters. The molecular weight excluding hydrogens is 304 g/mol. The predicted octanol–water partition coefficient (Wildman–Crippen LogP) is 2.97. The number of nitrogens with zero attached hydrogens (tertiary/aromatic N) is 2. The van der Waals surface area contributed by atoms with Gasteiger partial charge in [-0.1, -0.05) is 12.1 Å². The summed E-state index contributed by atoms with van der Waals surface area (Å²) in [6, 6.07) is 9.41. The number of carbonyl (C=O) groups excluding carboxylic acids is 2. The lowest BCUT2D eigenvalue weighted by molar-refractivity contribution is -0.125. The van der Waals surface area contributed by atoms with Crippen molar-refractivity contribution in [2.45, 2.75) is 44.2 Å². The number of hydrogen-bond acceptors (Lipinski definition) is 4. The number of benzene rings is 1. The minimum absolute atomic E-state index is 0.0248. The fourth-order valence-corrected chi connectivity index (χ4v) is 4.06. The summed E-state index contributed by atoms with van der Waals surface area (Å²) in [5.41, 5.74) is 1.15. The van der Waals surface area contributed by atoms with E-state index in [0.29, 0.717) is 24.3 Å². The van der Waals surface area contributed by atoms with Crippen LogP contribution in [0.25, 0.3) is 10.9 Å². The first-order valence-electron chi connectivity index (χ1n) is 8.45. The first kappa shape index (κ1) is 15.1. The second-order valence-electron chi connectivity index (χ2n) is 6.62. The number of aromatic nitrogens is 1. The van der Waals surface area contributed by atoms with Crippen LogP contribution in [0, 0.1) is 0 Å². The van der Waals surface area contributed by atoms with Crippen molar-refractivity contribution in [3.05, 3.63) is 36.0 Å². The fraction of sp³-hybridized carbons (Fsp3) is 0.421. The van der Waals surface area contributed by atoms with Crippen LogP contribution in [0.4, 0.5) is 0 Å². The molecule has 0 saturated carbocycles. The number of amides is 1. The van der Waals surface area contributed by atoms with Crippen molar-refractivity contribution in [2.75, 3.05) is 7.11 Å². The van der Waals surface area contributed by atoms with Crippen molar-refractivity contribution in [3.63, 3.8) is 0 Å². The largest absolute Gasteiger partial charge is 0.496 e. The quantitative estimate of drug-likeness (QED) is 0.852. The first-order valence-corrected chi connectivity index (χ1v) is 8.45. The van der Waals surface area contributed by atoms with E-state index in [1.165, 1.54) is 0 Å². The molecule has 2 aliphatic rings. The third-order valence-electron chi connectivity index (χ3n) is 5.14. The van der Waals surface area contributed by atoms with E-state index in [1.807, 2.05) is 29.2 Å². The third-order valence-corrected chi connectivity index (χ3v) is 5.14. The molecule has 2 bridgehead atoms. The van der Waals surface area contributed by atoms with Gasteiger partial charge in [-0.25, -0.2) is 4.98 Å². The first-order chi connectivity index (χ1) is 11.7. The number of fused-ring (bicyclic) bond motifs is 3. The lowest BCUT2D eigenvalue weighted by atomic mass is 9.83. The van der Waals surface area contributed by atoms with Crippen molar-refractivity contribution in [1.82, 2.24) is 9.88 Å². The van der Waals surface area contributed by atoms with Crippen LogP contribution in [0.15, 0.2) is 30.3 Å². The second-order valence-corrected chi connectivity index (χ2v) is 6.62. The number of pyridine rings is 1. The van der Waals surface area contributed by atoms with Crippen molar-refractivity contribution in [1.29, 1.82) is 0 Å². The zero-order valence-electron chi connectivity index (χ0n) is 13.7. The maximum Gasteiger partial charge on any atom is 0.273 e. The van der Waals surface area contributed by atoms with Crippen LogP contribution in [0.1, 0.15) is 42.6 Å². The molecular formula is C19H20N2O3. The Morgan fingerprint density at radius 2 is 1.92 bits per heavy atom. The molecule has 1 amide bonds. The van der Waals surface area contributed by atoms with E-state index >= 15 is 0 Å². The van der Waals surface area contributed by atoms with Crippen LogP contribution in [0.3, 0.4) is 0 Å². The van der Waals surface area contributed by atoms with Crippen molar-refractivity contribution >= 4 is 22.6 Å². The predicted molar refractivity (Wildman–Crippen MR) is 90.1 cm³/mol. The number of carbonyl (C=O) groups is 2. The molecule has 3 heterocycles. The molecule has 1 aromatic heterocycles. The van der Waals surface area contributed by atoms with Crippen LogP contribution >= 0.6 is 0 Å². The standard InChI is InChI=1S/C19H20N2O3/c1-24-18-11-17(20-16-8-3-2-7-15(16)18)19(23)21-12-5-4-6-13(21)10-14(22)9-12/h2-3,7-8,11-13H,4-6,9-10H2,1H3. The molecule has 0 spiro atoms. The van der Waals surface area contributed by atoms with Gasteiger partial charge in [0.1, 0.15) is 17.2 Å². The Morgan fingerprint density at radius 1 is 1.21 bits per heavy atom. The molecule has 5 nitrogen and oxygen atoms in total. The molecule has 2 saturated heterocycles. The van der Waals surface area contributed by atoms with Gasteiger partial charge in [-0.2, -0.15) is 0 Å². The van der Waals surface area contributed by atoms with Gasteiger partial charge in [-0.15, -0.1) is 0 Å². The highest BCUT2D eigenvalue weighted by Gasteiger charge is 2.41. The summed E-state index contributed by atoms with van der Waals surface area (Å²) >= 11 is 0. The van der Waals surface area contributed by atoms with Gasteiger partial charge in [0.25, 0.3) is 5.91 Å². The van der Waals surface area contributed by atoms with Crippen molar-refractivity contribution in [2.24, 2.45) is 0 Å². The Balaban J connectivity index is 1.74. The maximum atomic E-state index is 13.1. The zero-order valence-corrected chi connectivity index (χ0v) is 13.7. The number of rotatable bonds is 2. The average Bonchev–Trinajstić information content (AvgIpc) is 2.59. The second kappa shape index (κ2) is 5.89. The van der Waals surface area contributed by atoms with Crippen LogP contribution in [0.2, 0.25) is 0 Å². The Bertz CT molecular complexity index is 801. The fourth-order valence-electron chi connectivity index (χ4n) is 4.06. The summed E-state index contributed by atoms with van der Waals surface area (Å²) in [5, 5.41) is 0.894. The Kier molecular flexibility index (Phi) is 3.71. The summed E-state index contributed by atoms with van der Waals surface area (Å²) in [5.74, 6) is 0.848. The molecule has 24 heavy (non-hydrogen) atoms. The van der Waals surface area contributed by atoms with E-state index < -0.39 is 0 Å². The SMILES string of the molecule is COc1cc(C(=O)N2C3CCCC2CC(=O)C3)nc2ccccc12. The number of ketones is 1. The molecule has 5 heteroatoms. The van der Waals surface area contributed by atoms with Crippen LogP contribution in [-0.2, 0) is 4.79 Å². The van der Waals surface area contributed by atoms with Crippen LogP contribution in [-0.4, -0.2) is 40.8 Å². The Hall–Kier alpha value is -2.43. The van der Waals surface area contributed by atoms with E-state index in [2.05, 4.69) is 4.98 Å². The number of piperidine rings is 2. The van der Waals surface area contributed by atoms with Crippen molar-refractivity contribution < 1.29 is 14.3 Å². The molecule has 2 fully saturated rings. The van der Waals surface area contributed by atoms with Gasteiger partial charge in [-0.3, -0.25) is 9.59 Å². The monoisotopic (exact) mass is 324 g/mol. The summed E-state index contributed by atoms with van der Waals surface area (Å²) in [7, 11) is 1.60. The van der Waals surface area contributed by atoms with Crippen molar-refractivity contribution in [3.8, 4) is 5.75 Å². The minimum Gasteiger partial charge on any atom is -0.496 e. The highest BCUT2D eigenvalue weighted by atomic mass is 16.5. The normalized spacial score (nSPS) is 23.4. The average molecular weight is 324 g/mol. The van der Waals surface area contributed by atoms with Crippen LogP contribution < -0.4 is 4.74 Å². The Morgan fingerprint density at radius 3 is 2.62 bits per heavy atom. The number of methoxy groups -OCH3 is 1. The number of hydrogen-bond donors (Lipinski definition) is 0. The molecule has 0 aliphatic carbocycles. The maximum absolute atomic E-state index is 13.1. The number of ether oxygens (including phenoxy) is 1. The smallest absolute Gasteiger partial charge is 0.273 e.